The molecule has 0 saturated carbocycles. The van der Waals surface area contributed by atoms with E-state index in [0.29, 0.717) is 29.8 Å². The molecule has 4 nitrogen and oxygen atoms in total. The highest BCUT2D eigenvalue weighted by Gasteiger charge is 2.39. The Morgan fingerprint density at radius 3 is 2.51 bits per heavy atom. The summed E-state index contributed by atoms with van der Waals surface area (Å²) in [6, 6.07) is 10.9. The van der Waals surface area contributed by atoms with Crippen LogP contribution in [0.2, 0.25) is 0 Å². The van der Waals surface area contributed by atoms with Crippen molar-refractivity contribution in [3.05, 3.63) is 93.4 Å². The third kappa shape index (κ3) is 5.95. The van der Waals surface area contributed by atoms with Crippen LogP contribution in [0.1, 0.15) is 59.0 Å². The van der Waals surface area contributed by atoms with Crippen LogP contribution in [0, 0.1) is 18.6 Å². The summed E-state index contributed by atoms with van der Waals surface area (Å²) in [6.07, 6.45) is -2.44. The van der Waals surface area contributed by atoms with E-state index < -0.39 is 29.4 Å². The molecule has 10 heteroatoms. The minimum absolute atomic E-state index is 0.0727. The molecule has 0 radical (unpaired) electrons. The van der Waals surface area contributed by atoms with Crippen LogP contribution in [0.4, 0.5) is 22.0 Å². The first-order valence-electron chi connectivity index (χ1n) is 12.7. The van der Waals surface area contributed by atoms with Crippen LogP contribution in [0.15, 0.2) is 48.0 Å². The van der Waals surface area contributed by atoms with Crippen LogP contribution < -0.4 is 0 Å². The fourth-order valence-corrected chi connectivity index (χ4v) is 6.36. The van der Waals surface area contributed by atoms with Crippen LogP contribution in [-0.4, -0.2) is 20.5 Å². The highest BCUT2D eigenvalue weighted by Crippen LogP contribution is 2.38. The number of alkyl halides is 3. The second-order valence-corrected chi connectivity index (χ2v) is 10.8. The summed E-state index contributed by atoms with van der Waals surface area (Å²) in [5.41, 5.74) is 4.31. The van der Waals surface area contributed by atoms with Crippen molar-refractivity contribution in [3.63, 3.8) is 0 Å². The van der Waals surface area contributed by atoms with Gasteiger partial charge in [0.25, 0.3) is 0 Å². The maximum absolute atomic E-state index is 14.0. The smallest absolute Gasteiger partial charge is 0.298 e. The average molecular weight is 560 g/mol. The first-order chi connectivity index (χ1) is 18.6. The fraction of sp³-hybridized carbons (Fsp3) is 0.345. The van der Waals surface area contributed by atoms with Crippen molar-refractivity contribution < 1.29 is 26.7 Å². The fourth-order valence-electron chi connectivity index (χ4n) is 5.39. The molecule has 204 valence electrons. The molecular weight excluding hydrogens is 533 g/mol. The average Bonchev–Trinajstić information content (AvgIpc) is 3.49. The lowest BCUT2D eigenvalue weighted by Gasteiger charge is -2.18. The maximum Gasteiger partial charge on any atom is 0.435 e. The van der Waals surface area contributed by atoms with Gasteiger partial charge >= 0.3 is 6.18 Å². The van der Waals surface area contributed by atoms with E-state index in [9.17, 15) is 26.7 Å². The normalized spacial score (nSPS) is 14.3. The quantitative estimate of drug-likeness (QED) is 0.210. The van der Waals surface area contributed by atoms with E-state index in [1.807, 2.05) is 31.2 Å². The van der Waals surface area contributed by atoms with E-state index in [1.165, 1.54) is 28.2 Å². The number of fused-ring (bicyclic) bond motifs is 1. The summed E-state index contributed by atoms with van der Waals surface area (Å²) in [4.78, 5) is 18.8. The summed E-state index contributed by atoms with van der Waals surface area (Å²) < 4.78 is 70.1. The SMILES string of the molecule is Cc1ccccc1-c1scnc1C(CC(=O)Cn1nc(C(F)(F)F)c2c1CCCC2)Cc1cc(F)cc(F)c1. The Bertz CT molecular complexity index is 1490. The lowest BCUT2D eigenvalue weighted by molar-refractivity contribution is -0.142. The van der Waals surface area contributed by atoms with Gasteiger partial charge in [0.2, 0.25) is 0 Å². The number of carbonyl (C=O) groups excluding carboxylic acids is 1. The maximum atomic E-state index is 14.0. The zero-order valence-electron chi connectivity index (χ0n) is 21.2. The van der Waals surface area contributed by atoms with Crippen LogP contribution in [0.5, 0.6) is 0 Å². The van der Waals surface area contributed by atoms with Gasteiger partial charge < -0.3 is 0 Å². The second-order valence-electron chi connectivity index (χ2n) is 9.94. The predicted molar refractivity (Wildman–Crippen MR) is 139 cm³/mol. The van der Waals surface area contributed by atoms with Gasteiger partial charge in [-0.2, -0.15) is 18.3 Å². The van der Waals surface area contributed by atoms with E-state index in [1.54, 1.807) is 5.51 Å². The third-order valence-corrected chi connectivity index (χ3v) is 7.98. The highest BCUT2D eigenvalue weighted by atomic mass is 32.1. The monoisotopic (exact) mass is 559 g/mol. The highest BCUT2D eigenvalue weighted by molar-refractivity contribution is 7.13. The summed E-state index contributed by atoms with van der Waals surface area (Å²) >= 11 is 1.40. The second kappa shape index (κ2) is 11.0. The molecule has 2 aromatic heterocycles. The summed E-state index contributed by atoms with van der Waals surface area (Å²) in [5.74, 6) is -2.33. The lowest BCUT2D eigenvalue weighted by atomic mass is 9.89. The Morgan fingerprint density at radius 2 is 1.79 bits per heavy atom. The molecule has 1 atom stereocenters. The van der Waals surface area contributed by atoms with Gasteiger partial charge in [0.15, 0.2) is 11.5 Å². The van der Waals surface area contributed by atoms with E-state index in [0.717, 1.165) is 28.5 Å². The van der Waals surface area contributed by atoms with Gasteiger partial charge in [0, 0.05) is 29.7 Å². The first-order valence-corrected chi connectivity index (χ1v) is 13.6. The molecule has 2 aromatic carbocycles. The molecule has 0 spiro atoms. The Labute approximate surface area is 226 Å². The Balaban J connectivity index is 1.48. The van der Waals surface area contributed by atoms with E-state index >= 15 is 0 Å². The molecule has 2 heterocycles. The molecule has 0 fully saturated rings. The van der Waals surface area contributed by atoms with Crippen molar-refractivity contribution in [2.75, 3.05) is 0 Å². The topological polar surface area (TPSA) is 47.8 Å². The Hall–Kier alpha value is -3.40. The molecule has 1 aliphatic carbocycles. The van der Waals surface area contributed by atoms with Crippen molar-refractivity contribution >= 4 is 17.1 Å². The van der Waals surface area contributed by atoms with E-state index in [4.69, 9.17) is 0 Å². The molecule has 5 rings (SSSR count). The van der Waals surface area contributed by atoms with Crippen LogP contribution in [0.25, 0.3) is 10.4 Å². The molecule has 0 saturated heterocycles. The van der Waals surface area contributed by atoms with Gasteiger partial charge in [-0.3, -0.25) is 9.48 Å². The van der Waals surface area contributed by atoms with E-state index in [-0.39, 0.29) is 37.2 Å². The van der Waals surface area contributed by atoms with Crippen molar-refractivity contribution in [3.8, 4) is 10.4 Å². The largest absolute Gasteiger partial charge is 0.435 e. The summed E-state index contributed by atoms with van der Waals surface area (Å²) in [7, 11) is 0. The minimum atomic E-state index is -4.59. The first kappa shape index (κ1) is 27.2. The molecular formula is C29H26F5N3OS. The number of aromatic nitrogens is 3. The van der Waals surface area contributed by atoms with Crippen molar-refractivity contribution in [2.45, 2.75) is 64.1 Å². The third-order valence-electron chi connectivity index (χ3n) is 7.10. The molecule has 1 aliphatic rings. The van der Waals surface area contributed by atoms with Gasteiger partial charge in [0.1, 0.15) is 11.6 Å². The number of rotatable bonds is 8. The number of halogens is 5. The number of hydrogen-bond donors (Lipinski definition) is 0. The zero-order chi connectivity index (χ0) is 27.7. The number of carbonyl (C=O) groups is 1. The number of benzene rings is 2. The molecule has 0 amide bonds. The van der Waals surface area contributed by atoms with Gasteiger partial charge in [-0.05, 0) is 67.9 Å². The standard InChI is InChI=1S/C29H26F5N3OS/c1-17-6-2-3-7-23(17)27-26(35-16-39-27)19(10-18-11-20(30)14-21(31)12-18)13-22(38)15-37-25-9-5-4-8-24(25)28(36-37)29(32,33)34/h2-3,6-7,11-12,14,16,19H,4-5,8-10,13,15H2,1H3. The number of Topliss-reactive ketones (excluding diaryl/α,β-unsaturated/α-hetero) is 1. The van der Waals surface area contributed by atoms with Crippen LogP contribution in [0.3, 0.4) is 0 Å². The van der Waals surface area contributed by atoms with Gasteiger partial charge in [-0.25, -0.2) is 13.8 Å². The number of ketones is 1. The Morgan fingerprint density at radius 1 is 1.08 bits per heavy atom. The van der Waals surface area contributed by atoms with Crippen molar-refractivity contribution in [2.24, 2.45) is 0 Å². The number of thiazole rings is 1. The van der Waals surface area contributed by atoms with Crippen LogP contribution >= 0.6 is 11.3 Å². The predicted octanol–water partition coefficient (Wildman–Crippen LogP) is 7.48. The number of nitrogens with zero attached hydrogens (tertiary/aromatic N) is 3. The molecule has 0 bridgehead atoms. The van der Waals surface area contributed by atoms with Gasteiger partial charge in [-0.1, -0.05) is 24.3 Å². The molecule has 4 aromatic rings. The van der Waals surface area contributed by atoms with Gasteiger partial charge in [0.05, 0.1) is 22.6 Å². The van der Waals surface area contributed by atoms with Crippen molar-refractivity contribution in [1.29, 1.82) is 0 Å². The summed E-state index contributed by atoms with van der Waals surface area (Å²) in [5, 5.41) is 3.82. The van der Waals surface area contributed by atoms with Gasteiger partial charge in [-0.15, -0.1) is 11.3 Å². The van der Waals surface area contributed by atoms with Crippen LogP contribution in [-0.2, 0) is 36.8 Å². The zero-order valence-corrected chi connectivity index (χ0v) is 22.0. The molecule has 1 unspecified atom stereocenters. The molecule has 39 heavy (non-hydrogen) atoms. The minimum Gasteiger partial charge on any atom is -0.298 e. The number of aryl methyl sites for hydroxylation is 1. The lowest BCUT2D eigenvalue weighted by Crippen LogP contribution is -2.19. The number of hydrogen-bond acceptors (Lipinski definition) is 4. The Kier molecular flexibility index (Phi) is 7.66. The molecule has 0 N–H and O–H groups in total. The molecule has 0 aliphatic heterocycles. The summed E-state index contributed by atoms with van der Waals surface area (Å²) in [6.45, 7) is 1.65. The van der Waals surface area contributed by atoms with E-state index in [2.05, 4.69) is 10.1 Å². The van der Waals surface area contributed by atoms with Crippen molar-refractivity contribution in [1.82, 2.24) is 14.8 Å².